The maximum Gasteiger partial charge on any atom is 0.113 e. The van der Waals surface area contributed by atoms with Crippen LogP contribution in [0.2, 0.25) is 0 Å². The van der Waals surface area contributed by atoms with Crippen LogP contribution in [-0.4, -0.2) is 12.2 Å². The summed E-state index contributed by atoms with van der Waals surface area (Å²) in [4.78, 5) is 0. The van der Waals surface area contributed by atoms with Gasteiger partial charge >= 0.3 is 0 Å². The van der Waals surface area contributed by atoms with Crippen molar-refractivity contribution in [1.29, 1.82) is 0 Å². The lowest BCUT2D eigenvalue weighted by Crippen LogP contribution is -2.31. The summed E-state index contributed by atoms with van der Waals surface area (Å²) in [5.41, 5.74) is 6.67. The predicted octanol–water partition coefficient (Wildman–Crippen LogP) is 2.68. The van der Waals surface area contributed by atoms with Crippen LogP contribution in [0.5, 0.6) is 0 Å². The third-order valence-corrected chi connectivity index (χ3v) is 2.50. The summed E-state index contributed by atoms with van der Waals surface area (Å²) in [6, 6.07) is 7.37. The number of halogens is 2. The molecule has 0 heterocycles. The molecule has 2 N–H and O–H groups in total. The highest BCUT2D eigenvalue weighted by molar-refractivity contribution is 9.10. The molecule has 0 aliphatic rings. The van der Waals surface area contributed by atoms with Crippen LogP contribution < -0.4 is 5.73 Å². The van der Waals surface area contributed by atoms with E-state index in [1.165, 1.54) is 6.92 Å². The van der Waals surface area contributed by atoms with Crippen molar-refractivity contribution in [2.24, 2.45) is 5.73 Å². The zero-order valence-electron chi connectivity index (χ0n) is 7.50. The first-order valence-corrected chi connectivity index (χ1v) is 5.03. The van der Waals surface area contributed by atoms with Crippen LogP contribution in [0.1, 0.15) is 12.5 Å². The van der Waals surface area contributed by atoms with Crippen molar-refractivity contribution in [3.63, 3.8) is 0 Å². The van der Waals surface area contributed by atoms with Crippen LogP contribution in [0, 0.1) is 0 Å². The molecule has 0 aliphatic carbocycles. The van der Waals surface area contributed by atoms with Crippen LogP contribution >= 0.6 is 15.9 Å². The van der Waals surface area contributed by atoms with E-state index in [-0.39, 0.29) is 0 Å². The smallest absolute Gasteiger partial charge is 0.113 e. The third-order valence-electron chi connectivity index (χ3n) is 1.97. The third kappa shape index (κ3) is 3.44. The first-order valence-electron chi connectivity index (χ1n) is 4.23. The standard InChI is InChI=1S/C10H13BrFN/c1-7(12)10(13)6-8-2-4-9(11)5-3-8/h2-5,7,10H,6,13H2,1H3. The minimum absolute atomic E-state index is 0.402. The molecule has 0 aliphatic heterocycles. The van der Waals surface area contributed by atoms with Crippen LogP contribution in [0.3, 0.4) is 0 Å². The Morgan fingerprint density at radius 3 is 2.38 bits per heavy atom. The number of alkyl halides is 1. The second-order valence-corrected chi connectivity index (χ2v) is 4.09. The molecule has 2 atom stereocenters. The largest absolute Gasteiger partial charge is 0.325 e. The van der Waals surface area contributed by atoms with Crippen molar-refractivity contribution in [2.45, 2.75) is 25.6 Å². The van der Waals surface area contributed by atoms with Crippen LogP contribution in [0.4, 0.5) is 4.39 Å². The van der Waals surface area contributed by atoms with Crippen molar-refractivity contribution in [1.82, 2.24) is 0 Å². The average Bonchev–Trinajstić information content (AvgIpc) is 2.08. The molecule has 0 saturated carbocycles. The summed E-state index contributed by atoms with van der Waals surface area (Å²) in [6.45, 7) is 1.49. The van der Waals surface area contributed by atoms with Gasteiger partial charge in [-0.05, 0) is 31.0 Å². The molecule has 13 heavy (non-hydrogen) atoms. The Kier molecular flexibility index (Phi) is 3.88. The summed E-state index contributed by atoms with van der Waals surface area (Å²) >= 11 is 3.34. The minimum atomic E-state index is -0.955. The van der Waals surface area contributed by atoms with E-state index in [1.807, 2.05) is 24.3 Å². The lowest BCUT2D eigenvalue weighted by molar-refractivity contribution is 0.304. The fourth-order valence-electron chi connectivity index (χ4n) is 1.06. The molecule has 0 fully saturated rings. The first-order chi connectivity index (χ1) is 6.09. The molecule has 0 bridgehead atoms. The van der Waals surface area contributed by atoms with E-state index in [0.29, 0.717) is 6.42 Å². The summed E-state index contributed by atoms with van der Waals surface area (Å²) < 4.78 is 13.8. The number of hydrogen-bond acceptors (Lipinski definition) is 1. The molecular weight excluding hydrogens is 233 g/mol. The topological polar surface area (TPSA) is 26.0 Å². The summed E-state index contributed by atoms with van der Waals surface area (Å²) in [5.74, 6) is 0. The Morgan fingerprint density at radius 1 is 1.38 bits per heavy atom. The number of benzene rings is 1. The first kappa shape index (κ1) is 10.7. The van der Waals surface area contributed by atoms with Gasteiger partial charge in [0.2, 0.25) is 0 Å². The van der Waals surface area contributed by atoms with E-state index in [0.717, 1.165) is 10.0 Å². The van der Waals surface area contributed by atoms with Gasteiger partial charge in [-0.3, -0.25) is 0 Å². The predicted molar refractivity (Wildman–Crippen MR) is 56.4 cm³/mol. The van der Waals surface area contributed by atoms with Gasteiger partial charge in [0.25, 0.3) is 0 Å². The zero-order chi connectivity index (χ0) is 9.84. The van der Waals surface area contributed by atoms with Gasteiger partial charge in [-0.2, -0.15) is 0 Å². The molecule has 0 radical (unpaired) electrons. The second-order valence-electron chi connectivity index (χ2n) is 3.17. The van der Waals surface area contributed by atoms with Gasteiger partial charge in [-0.25, -0.2) is 4.39 Å². The highest BCUT2D eigenvalue weighted by Crippen LogP contribution is 2.12. The van der Waals surface area contributed by atoms with E-state index in [2.05, 4.69) is 15.9 Å². The Morgan fingerprint density at radius 2 is 1.92 bits per heavy atom. The summed E-state index contributed by atoms with van der Waals surface area (Å²) in [6.07, 6.45) is -0.367. The van der Waals surface area contributed by atoms with Gasteiger partial charge in [0.05, 0.1) is 0 Å². The van der Waals surface area contributed by atoms with Gasteiger partial charge in [0.15, 0.2) is 0 Å². The van der Waals surface area contributed by atoms with Crippen LogP contribution in [0.15, 0.2) is 28.7 Å². The number of nitrogens with two attached hydrogens (primary N) is 1. The van der Waals surface area contributed by atoms with Crippen LogP contribution in [-0.2, 0) is 6.42 Å². The van der Waals surface area contributed by atoms with Gasteiger partial charge in [0.1, 0.15) is 6.17 Å². The highest BCUT2D eigenvalue weighted by atomic mass is 79.9. The van der Waals surface area contributed by atoms with Gasteiger partial charge < -0.3 is 5.73 Å². The molecule has 0 spiro atoms. The lowest BCUT2D eigenvalue weighted by atomic mass is 10.0. The normalized spacial score (nSPS) is 15.4. The van der Waals surface area contributed by atoms with Crippen molar-refractivity contribution < 1.29 is 4.39 Å². The second kappa shape index (κ2) is 4.72. The molecule has 1 nitrogen and oxygen atoms in total. The Bertz CT molecular complexity index is 258. The maximum absolute atomic E-state index is 12.7. The molecule has 3 heteroatoms. The molecule has 2 unspecified atom stereocenters. The molecule has 0 amide bonds. The maximum atomic E-state index is 12.7. The van der Waals surface area contributed by atoms with E-state index in [4.69, 9.17) is 5.73 Å². The molecule has 72 valence electrons. The Hall–Kier alpha value is -0.410. The molecule has 1 aromatic rings. The highest BCUT2D eigenvalue weighted by Gasteiger charge is 2.11. The van der Waals surface area contributed by atoms with Crippen molar-refractivity contribution in [3.05, 3.63) is 34.3 Å². The zero-order valence-corrected chi connectivity index (χ0v) is 9.09. The van der Waals surface area contributed by atoms with E-state index in [9.17, 15) is 4.39 Å². The van der Waals surface area contributed by atoms with Crippen molar-refractivity contribution >= 4 is 15.9 Å². The number of rotatable bonds is 3. The lowest BCUT2D eigenvalue weighted by Gasteiger charge is -2.12. The number of hydrogen-bond donors (Lipinski definition) is 1. The molecular formula is C10H13BrFN. The van der Waals surface area contributed by atoms with Gasteiger partial charge in [-0.1, -0.05) is 28.1 Å². The van der Waals surface area contributed by atoms with E-state index >= 15 is 0 Å². The Balaban J connectivity index is 2.59. The van der Waals surface area contributed by atoms with E-state index in [1.54, 1.807) is 0 Å². The molecule has 0 aromatic heterocycles. The monoisotopic (exact) mass is 245 g/mol. The fraction of sp³-hybridized carbons (Fsp3) is 0.400. The molecule has 1 aromatic carbocycles. The van der Waals surface area contributed by atoms with Crippen molar-refractivity contribution in [3.8, 4) is 0 Å². The minimum Gasteiger partial charge on any atom is -0.325 e. The Labute approximate surface area is 86.3 Å². The molecule has 1 rings (SSSR count). The molecule has 0 saturated heterocycles. The quantitative estimate of drug-likeness (QED) is 0.871. The average molecular weight is 246 g/mol. The van der Waals surface area contributed by atoms with Gasteiger partial charge in [-0.15, -0.1) is 0 Å². The van der Waals surface area contributed by atoms with Crippen molar-refractivity contribution in [2.75, 3.05) is 0 Å². The van der Waals surface area contributed by atoms with E-state index < -0.39 is 12.2 Å². The van der Waals surface area contributed by atoms with Gasteiger partial charge in [0, 0.05) is 10.5 Å². The fourth-order valence-corrected chi connectivity index (χ4v) is 1.32. The SMILES string of the molecule is CC(F)C(N)Cc1ccc(Br)cc1. The van der Waals surface area contributed by atoms with Crippen LogP contribution in [0.25, 0.3) is 0 Å². The summed E-state index contributed by atoms with van der Waals surface area (Å²) in [7, 11) is 0. The summed E-state index contributed by atoms with van der Waals surface area (Å²) in [5, 5.41) is 0.